The van der Waals surface area contributed by atoms with Gasteiger partial charge in [-0.15, -0.1) is 11.3 Å². The van der Waals surface area contributed by atoms with Gasteiger partial charge < -0.3 is 10.4 Å². The molecule has 0 bridgehead atoms. The van der Waals surface area contributed by atoms with Gasteiger partial charge in [-0.05, 0) is 53.0 Å². The molecule has 0 amide bonds. The molecule has 3 aromatic heterocycles. The summed E-state index contributed by atoms with van der Waals surface area (Å²) < 4.78 is 1.11. The molecule has 158 valence electrons. The number of hydrogen-bond donors (Lipinski definition) is 2. The second kappa shape index (κ2) is 9.13. The average Bonchev–Trinajstić information content (AvgIpc) is 3.02. The molecule has 0 aromatic carbocycles. The van der Waals surface area contributed by atoms with Crippen molar-refractivity contribution in [1.29, 1.82) is 0 Å². The lowest BCUT2D eigenvalue weighted by Crippen LogP contribution is -2.31. The number of rotatable bonds is 7. The van der Waals surface area contributed by atoms with Gasteiger partial charge >= 0.3 is 0 Å². The second-order valence-corrected chi connectivity index (χ2v) is 8.85. The van der Waals surface area contributed by atoms with Crippen molar-refractivity contribution in [2.75, 3.05) is 11.9 Å². The van der Waals surface area contributed by atoms with Gasteiger partial charge in [0, 0.05) is 12.7 Å². The van der Waals surface area contributed by atoms with Crippen LogP contribution in [0.4, 0.5) is 5.82 Å². The summed E-state index contributed by atoms with van der Waals surface area (Å²) in [6.07, 6.45) is 3.62. The summed E-state index contributed by atoms with van der Waals surface area (Å²) in [5.74, 6) is 1.76. The van der Waals surface area contributed by atoms with Crippen LogP contribution >= 0.6 is 11.3 Å². The Kier molecular flexibility index (Phi) is 7.30. The molecule has 0 radical (unpaired) electrons. The van der Waals surface area contributed by atoms with E-state index in [1.54, 1.807) is 11.3 Å². The minimum absolute atomic E-state index is 0. The molecule has 0 fully saturated rings. The monoisotopic (exact) mass is 415 g/mol. The minimum Gasteiger partial charge on any atom is -0.390 e. The van der Waals surface area contributed by atoms with E-state index < -0.39 is 5.60 Å². The van der Waals surface area contributed by atoms with E-state index in [9.17, 15) is 5.11 Å². The van der Waals surface area contributed by atoms with E-state index in [4.69, 9.17) is 4.98 Å². The van der Waals surface area contributed by atoms with E-state index in [2.05, 4.69) is 27.2 Å². The Morgan fingerprint density at radius 2 is 1.86 bits per heavy atom. The molecule has 2 N–H and O–H groups in total. The minimum atomic E-state index is -0.686. The Hall–Kier alpha value is -2.12. The molecule has 1 atom stereocenters. The fourth-order valence-electron chi connectivity index (χ4n) is 3.61. The van der Waals surface area contributed by atoms with Crippen LogP contribution in [-0.4, -0.2) is 37.2 Å². The molecule has 3 rings (SSSR count). The first-order chi connectivity index (χ1) is 13.2. The van der Waals surface area contributed by atoms with Crippen molar-refractivity contribution in [3.63, 3.8) is 0 Å². The van der Waals surface area contributed by atoms with Crippen molar-refractivity contribution in [3.05, 3.63) is 29.5 Å². The van der Waals surface area contributed by atoms with Crippen LogP contribution in [0, 0.1) is 26.7 Å². The molecule has 3 heterocycles. The summed E-state index contributed by atoms with van der Waals surface area (Å²) in [6, 6.07) is 2.00. The smallest absolute Gasteiger partial charge is 0.140 e. The van der Waals surface area contributed by atoms with E-state index >= 15 is 0 Å². The number of aryl methyl sites for hydroxylation is 3. The normalized spacial score (nSPS) is 12.7. The van der Waals surface area contributed by atoms with Crippen LogP contribution in [0.25, 0.3) is 20.8 Å². The fourth-order valence-corrected chi connectivity index (χ4v) is 4.72. The molecule has 0 aliphatic rings. The predicted molar refractivity (Wildman–Crippen MR) is 123 cm³/mol. The molecule has 3 aromatic rings. The third kappa shape index (κ3) is 5.08. The fraction of sp³-hybridized carbons (Fsp3) is 0.545. The quantitative estimate of drug-likeness (QED) is 0.544. The third-order valence-electron chi connectivity index (χ3n) is 5.18. The number of fused-ring (bicyclic) bond motifs is 1. The zero-order chi connectivity index (χ0) is 20.5. The Balaban J connectivity index is 0.00000300. The summed E-state index contributed by atoms with van der Waals surface area (Å²) in [4.78, 5) is 18.4. The maximum atomic E-state index is 10.3. The SMILES string of the molecule is C.CCC(CCNc1nc(C)nc(C)c1-c1nc2c(C)nccc2s1)C(C)(C)O. The van der Waals surface area contributed by atoms with Crippen LogP contribution < -0.4 is 5.32 Å². The first-order valence-corrected chi connectivity index (χ1v) is 10.6. The first-order valence-electron chi connectivity index (χ1n) is 9.74. The van der Waals surface area contributed by atoms with Gasteiger partial charge in [-0.25, -0.2) is 15.0 Å². The Morgan fingerprint density at radius 3 is 2.48 bits per heavy atom. The molecular weight excluding hydrogens is 382 g/mol. The highest BCUT2D eigenvalue weighted by atomic mass is 32.1. The second-order valence-electron chi connectivity index (χ2n) is 7.82. The van der Waals surface area contributed by atoms with Crippen molar-refractivity contribution >= 4 is 27.4 Å². The van der Waals surface area contributed by atoms with Crippen molar-refractivity contribution in [2.24, 2.45) is 5.92 Å². The number of thiazole rings is 1. The molecular formula is C22H33N5OS. The lowest BCUT2D eigenvalue weighted by Gasteiger charge is -2.28. The standard InChI is InChI=1S/C21H29N5OS.CH4/c1-7-15(21(5,6)27)8-10-23-19-17(12(2)24-14(4)25-19)20-26-18-13(3)22-11-9-16(18)28-20;/h9,11,15,27H,7-8,10H2,1-6H3,(H,23,24,25);1H4. The van der Waals surface area contributed by atoms with E-state index in [1.807, 2.05) is 46.9 Å². The van der Waals surface area contributed by atoms with E-state index in [1.165, 1.54) is 0 Å². The number of aromatic nitrogens is 4. The van der Waals surface area contributed by atoms with Crippen molar-refractivity contribution in [3.8, 4) is 10.6 Å². The predicted octanol–water partition coefficient (Wildman–Crippen LogP) is 5.31. The van der Waals surface area contributed by atoms with Gasteiger partial charge in [0.05, 0.1) is 27.3 Å². The highest BCUT2D eigenvalue weighted by Crippen LogP contribution is 2.36. The zero-order valence-electron chi connectivity index (χ0n) is 17.5. The maximum absolute atomic E-state index is 10.3. The van der Waals surface area contributed by atoms with Gasteiger partial charge in [0.15, 0.2) is 0 Å². The molecule has 7 heteroatoms. The van der Waals surface area contributed by atoms with Crippen LogP contribution in [0.1, 0.15) is 58.3 Å². The third-order valence-corrected chi connectivity index (χ3v) is 6.22. The van der Waals surface area contributed by atoms with Crippen molar-refractivity contribution in [1.82, 2.24) is 19.9 Å². The number of hydrogen-bond acceptors (Lipinski definition) is 7. The number of aliphatic hydroxyl groups is 1. The molecule has 29 heavy (non-hydrogen) atoms. The zero-order valence-corrected chi connectivity index (χ0v) is 18.3. The number of nitrogens with zero attached hydrogens (tertiary/aromatic N) is 4. The summed E-state index contributed by atoms with van der Waals surface area (Å²) >= 11 is 1.64. The largest absolute Gasteiger partial charge is 0.390 e. The summed E-state index contributed by atoms with van der Waals surface area (Å²) in [5.41, 5.74) is 3.03. The van der Waals surface area contributed by atoms with Gasteiger partial charge in [0.25, 0.3) is 0 Å². The van der Waals surface area contributed by atoms with Crippen LogP contribution in [0.3, 0.4) is 0 Å². The highest BCUT2D eigenvalue weighted by Gasteiger charge is 2.25. The van der Waals surface area contributed by atoms with Crippen LogP contribution in [-0.2, 0) is 0 Å². The number of anilines is 1. The first kappa shape index (κ1) is 23.2. The Bertz CT molecular complexity index is 977. The average molecular weight is 416 g/mol. The lowest BCUT2D eigenvalue weighted by atomic mass is 9.86. The molecule has 0 saturated carbocycles. The van der Waals surface area contributed by atoms with Crippen LogP contribution in [0.5, 0.6) is 0 Å². The molecule has 6 nitrogen and oxygen atoms in total. The van der Waals surface area contributed by atoms with Gasteiger partial charge in [0.2, 0.25) is 0 Å². The maximum Gasteiger partial charge on any atom is 0.140 e. The van der Waals surface area contributed by atoms with Crippen LogP contribution in [0.2, 0.25) is 0 Å². The molecule has 0 saturated heterocycles. The van der Waals surface area contributed by atoms with Gasteiger partial charge in [-0.3, -0.25) is 4.98 Å². The number of nitrogens with one attached hydrogen (secondary N) is 1. The summed E-state index contributed by atoms with van der Waals surface area (Å²) in [7, 11) is 0. The molecule has 0 aliphatic carbocycles. The number of pyridine rings is 1. The van der Waals surface area contributed by atoms with Crippen LogP contribution in [0.15, 0.2) is 12.3 Å². The van der Waals surface area contributed by atoms with Crippen molar-refractivity contribution in [2.45, 2.75) is 67.4 Å². The summed E-state index contributed by atoms with van der Waals surface area (Å²) in [5, 5.41) is 14.7. The Labute approximate surface area is 177 Å². The molecule has 0 spiro atoms. The van der Waals surface area contributed by atoms with E-state index in [-0.39, 0.29) is 13.3 Å². The highest BCUT2D eigenvalue weighted by molar-refractivity contribution is 7.21. The van der Waals surface area contributed by atoms with E-state index in [0.29, 0.717) is 0 Å². The lowest BCUT2D eigenvalue weighted by molar-refractivity contribution is 0.0130. The van der Waals surface area contributed by atoms with E-state index in [0.717, 1.165) is 63.2 Å². The van der Waals surface area contributed by atoms with Gasteiger partial charge in [-0.2, -0.15) is 0 Å². The summed E-state index contributed by atoms with van der Waals surface area (Å²) in [6.45, 7) is 12.5. The topological polar surface area (TPSA) is 83.8 Å². The van der Waals surface area contributed by atoms with Gasteiger partial charge in [0.1, 0.15) is 22.2 Å². The Morgan fingerprint density at radius 1 is 1.14 bits per heavy atom. The van der Waals surface area contributed by atoms with Crippen molar-refractivity contribution < 1.29 is 5.11 Å². The molecule has 0 aliphatic heterocycles. The van der Waals surface area contributed by atoms with Gasteiger partial charge in [-0.1, -0.05) is 20.8 Å². The molecule has 1 unspecified atom stereocenters.